The molecule has 20 heavy (non-hydrogen) atoms. The van der Waals surface area contributed by atoms with Crippen LogP contribution < -0.4 is 0 Å². The Morgan fingerprint density at radius 1 is 0.800 bits per heavy atom. The summed E-state index contributed by atoms with van der Waals surface area (Å²) in [5, 5.41) is 8.61. The molecule has 0 saturated carbocycles. The molecule has 2 nitrogen and oxygen atoms in total. The summed E-state index contributed by atoms with van der Waals surface area (Å²) in [7, 11) is 0. The van der Waals surface area contributed by atoms with Gasteiger partial charge in [0.2, 0.25) is 0 Å². The minimum Gasteiger partial charge on any atom is -0.481 e. The van der Waals surface area contributed by atoms with Crippen LogP contribution in [0.25, 0.3) is 0 Å². The van der Waals surface area contributed by atoms with Crippen LogP contribution in [-0.4, -0.2) is 11.1 Å². The van der Waals surface area contributed by atoms with E-state index in [9.17, 15) is 4.79 Å². The quantitative estimate of drug-likeness (QED) is 0.457. The van der Waals surface area contributed by atoms with Crippen LogP contribution in [0.3, 0.4) is 0 Å². The molecule has 0 aromatic carbocycles. The summed E-state index contributed by atoms with van der Waals surface area (Å²) in [6.07, 6.45) is 11.6. The maximum absolute atomic E-state index is 10.5. The van der Waals surface area contributed by atoms with E-state index in [1.807, 2.05) is 0 Å². The number of rotatable bonds is 13. The minimum absolute atomic E-state index is 0.330. The number of aliphatic carboxylic acids is 1. The minimum atomic E-state index is -0.660. The highest BCUT2D eigenvalue weighted by Gasteiger charge is 2.07. The van der Waals surface area contributed by atoms with Crippen molar-refractivity contribution in [3.8, 4) is 0 Å². The van der Waals surface area contributed by atoms with Crippen molar-refractivity contribution >= 4 is 5.97 Å². The predicted molar refractivity (Wildman–Crippen MR) is 87.0 cm³/mol. The summed E-state index contributed by atoms with van der Waals surface area (Å²) < 4.78 is 0. The van der Waals surface area contributed by atoms with Crippen molar-refractivity contribution in [2.24, 2.45) is 17.8 Å². The first kappa shape index (κ1) is 19.5. The molecule has 0 fully saturated rings. The Hall–Kier alpha value is -0.530. The number of hydrogen-bond donors (Lipinski definition) is 1. The Balaban J connectivity index is 3.45. The van der Waals surface area contributed by atoms with Gasteiger partial charge in [-0.05, 0) is 24.2 Å². The Labute approximate surface area is 126 Å². The molecule has 0 spiro atoms. The van der Waals surface area contributed by atoms with Crippen LogP contribution >= 0.6 is 0 Å². The molecule has 0 rings (SSSR count). The Morgan fingerprint density at radius 3 is 1.60 bits per heavy atom. The van der Waals surface area contributed by atoms with Gasteiger partial charge < -0.3 is 5.11 Å². The van der Waals surface area contributed by atoms with E-state index in [4.69, 9.17) is 5.11 Å². The number of carboxylic acids is 1. The monoisotopic (exact) mass is 284 g/mol. The van der Waals surface area contributed by atoms with Crippen molar-refractivity contribution < 1.29 is 9.90 Å². The van der Waals surface area contributed by atoms with Gasteiger partial charge in [0, 0.05) is 6.42 Å². The second-order valence-electron chi connectivity index (χ2n) is 6.87. The number of carboxylic acid groups (broad SMARTS) is 1. The molecule has 0 aliphatic rings. The maximum atomic E-state index is 10.5. The lowest BCUT2D eigenvalue weighted by molar-refractivity contribution is -0.137. The van der Waals surface area contributed by atoms with Gasteiger partial charge in [-0.25, -0.2) is 0 Å². The topological polar surface area (TPSA) is 37.3 Å². The SMILES string of the molecule is CCC(C)CCC[C@@H](C)CCC[C@@H](C)CCCC(=O)O. The smallest absolute Gasteiger partial charge is 0.303 e. The molecule has 1 N–H and O–H groups in total. The summed E-state index contributed by atoms with van der Waals surface area (Å²) >= 11 is 0. The predicted octanol–water partition coefficient (Wildman–Crippen LogP) is 5.90. The average Bonchev–Trinajstić information content (AvgIpc) is 2.38. The third kappa shape index (κ3) is 12.5. The molecule has 0 aliphatic carbocycles. The van der Waals surface area contributed by atoms with Crippen molar-refractivity contribution in [3.05, 3.63) is 0 Å². The fourth-order valence-electron chi connectivity index (χ4n) is 2.72. The molecule has 1 unspecified atom stereocenters. The van der Waals surface area contributed by atoms with E-state index in [0.717, 1.165) is 24.7 Å². The number of hydrogen-bond acceptors (Lipinski definition) is 1. The van der Waals surface area contributed by atoms with Crippen LogP contribution in [0.4, 0.5) is 0 Å². The molecule has 0 saturated heterocycles. The molecule has 0 aliphatic heterocycles. The fourth-order valence-corrected chi connectivity index (χ4v) is 2.72. The van der Waals surface area contributed by atoms with Gasteiger partial charge in [0.25, 0.3) is 0 Å². The van der Waals surface area contributed by atoms with Crippen LogP contribution in [0, 0.1) is 17.8 Å². The summed E-state index contributed by atoms with van der Waals surface area (Å²) in [5.74, 6) is 1.76. The van der Waals surface area contributed by atoms with Gasteiger partial charge in [-0.1, -0.05) is 79.1 Å². The van der Waals surface area contributed by atoms with Gasteiger partial charge in [0.05, 0.1) is 0 Å². The summed E-state index contributed by atoms with van der Waals surface area (Å²) in [5.41, 5.74) is 0. The van der Waals surface area contributed by atoms with E-state index in [1.165, 1.54) is 44.9 Å². The maximum Gasteiger partial charge on any atom is 0.303 e. The summed E-state index contributed by atoms with van der Waals surface area (Å²) in [4.78, 5) is 10.5. The lowest BCUT2D eigenvalue weighted by Crippen LogP contribution is -2.01. The molecule has 0 amide bonds. The highest BCUT2D eigenvalue weighted by molar-refractivity contribution is 5.66. The fraction of sp³-hybridized carbons (Fsp3) is 0.944. The van der Waals surface area contributed by atoms with E-state index in [0.29, 0.717) is 12.3 Å². The zero-order valence-corrected chi connectivity index (χ0v) is 14.2. The highest BCUT2D eigenvalue weighted by Crippen LogP contribution is 2.21. The van der Waals surface area contributed by atoms with Gasteiger partial charge >= 0.3 is 5.97 Å². The molecular formula is C18H36O2. The number of carbonyl (C=O) groups is 1. The molecule has 0 heterocycles. The van der Waals surface area contributed by atoms with E-state index < -0.39 is 5.97 Å². The molecular weight excluding hydrogens is 248 g/mol. The van der Waals surface area contributed by atoms with Crippen molar-refractivity contribution in [3.63, 3.8) is 0 Å². The molecule has 0 aromatic heterocycles. The van der Waals surface area contributed by atoms with Crippen molar-refractivity contribution in [1.29, 1.82) is 0 Å². The van der Waals surface area contributed by atoms with Crippen LogP contribution in [0.1, 0.15) is 91.9 Å². The van der Waals surface area contributed by atoms with Gasteiger partial charge in [0.1, 0.15) is 0 Å². The normalized spacial score (nSPS) is 15.8. The van der Waals surface area contributed by atoms with Gasteiger partial charge in [-0.2, -0.15) is 0 Å². The molecule has 0 aromatic rings. The second-order valence-corrected chi connectivity index (χ2v) is 6.87. The van der Waals surface area contributed by atoms with E-state index in [1.54, 1.807) is 0 Å². The van der Waals surface area contributed by atoms with Crippen molar-refractivity contribution in [1.82, 2.24) is 0 Å². The Bertz CT molecular complexity index is 238. The standard InChI is InChI=1S/C18H36O2/c1-5-15(2)9-6-10-16(3)11-7-12-17(4)13-8-14-18(19)20/h15-17H,5-14H2,1-4H3,(H,19,20)/t15?,16-,17-/m1/s1. The first-order valence-electron chi connectivity index (χ1n) is 8.67. The molecule has 0 radical (unpaired) electrons. The van der Waals surface area contributed by atoms with Crippen LogP contribution in [0.2, 0.25) is 0 Å². The van der Waals surface area contributed by atoms with Crippen LogP contribution in [0.5, 0.6) is 0 Å². The lowest BCUT2D eigenvalue weighted by atomic mass is 9.91. The van der Waals surface area contributed by atoms with Crippen molar-refractivity contribution in [2.75, 3.05) is 0 Å². The molecule has 3 atom stereocenters. The van der Waals surface area contributed by atoms with E-state index >= 15 is 0 Å². The van der Waals surface area contributed by atoms with Crippen molar-refractivity contribution in [2.45, 2.75) is 91.9 Å². The largest absolute Gasteiger partial charge is 0.481 e. The van der Waals surface area contributed by atoms with Gasteiger partial charge in [0.15, 0.2) is 0 Å². The van der Waals surface area contributed by atoms with E-state index in [-0.39, 0.29) is 0 Å². The highest BCUT2D eigenvalue weighted by atomic mass is 16.4. The molecule has 120 valence electrons. The second kappa shape index (κ2) is 12.2. The summed E-state index contributed by atoms with van der Waals surface area (Å²) in [6, 6.07) is 0. The zero-order valence-electron chi connectivity index (χ0n) is 14.2. The summed E-state index contributed by atoms with van der Waals surface area (Å²) in [6.45, 7) is 9.27. The van der Waals surface area contributed by atoms with Gasteiger partial charge in [-0.15, -0.1) is 0 Å². The third-order valence-corrected chi connectivity index (χ3v) is 4.57. The molecule has 0 bridgehead atoms. The van der Waals surface area contributed by atoms with Crippen LogP contribution in [0.15, 0.2) is 0 Å². The van der Waals surface area contributed by atoms with Crippen LogP contribution in [-0.2, 0) is 4.79 Å². The first-order valence-corrected chi connectivity index (χ1v) is 8.67. The Morgan fingerprint density at radius 2 is 1.20 bits per heavy atom. The molecule has 2 heteroatoms. The average molecular weight is 284 g/mol. The third-order valence-electron chi connectivity index (χ3n) is 4.57. The first-order chi connectivity index (χ1) is 9.45. The lowest BCUT2D eigenvalue weighted by Gasteiger charge is -2.15. The Kier molecular flexibility index (Phi) is 11.9. The zero-order chi connectivity index (χ0) is 15.4. The van der Waals surface area contributed by atoms with E-state index in [2.05, 4.69) is 27.7 Å². The van der Waals surface area contributed by atoms with Gasteiger partial charge in [-0.3, -0.25) is 4.79 Å².